The molecule has 0 aliphatic heterocycles. The number of aromatic nitrogens is 1. The summed E-state index contributed by atoms with van der Waals surface area (Å²) in [5.74, 6) is -0.312. The zero-order valence-corrected chi connectivity index (χ0v) is 18.3. The van der Waals surface area contributed by atoms with Gasteiger partial charge in [0.25, 0.3) is 5.91 Å². The van der Waals surface area contributed by atoms with Gasteiger partial charge in [0.2, 0.25) is 5.88 Å². The van der Waals surface area contributed by atoms with Crippen LogP contribution < -0.4 is 19.9 Å². The summed E-state index contributed by atoms with van der Waals surface area (Å²) in [5.41, 5.74) is 0.899. The van der Waals surface area contributed by atoms with Gasteiger partial charge in [-0.3, -0.25) is 9.93 Å². The minimum Gasteiger partial charge on any atom is -0.435 e. The molecule has 0 saturated heterocycles. The lowest BCUT2D eigenvalue weighted by Crippen LogP contribution is -2.25. The highest BCUT2D eigenvalue weighted by Gasteiger charge is 2.12. The normalized spacial score (nSPS) is 10.9. The Hall–Kier alpha value is -2.88. The second-order valence-electron chi connectivity index (χ2n) is 5.51. The van der Waals surface area contributed by atoms with Gasteiger partial charge in [0.05, 0.1) is 5.56 Å². The first-order chi connectivity index (χ1) is 14.9. The van der Waals surface area contributed by atoms with Crippen LogP contribution in [-0.4, -0.2) is 30.3 Å². The van der Waals surface area contributed by atoms with E-state index in [9.17, 15) is 13.6 Å². The van der Waals surface area contributed by atoms with E-state index in [1.54, 1.807) is 6.07 Å². The van der Waals surface area contributed by atoms with Crippen molar-refractivity contribution < 1.29 is 23.0 Å². The molecule has 0 spiro atoms. The average Bonchev–Trinajstić information content (AvgIpc) is 2.76. The molecule has 0 radical (unpaired) electrons. The number of para-hydroxylation sites is 2. The molecule has 0 bridgehead atoms. The maximum Gasteiger partial charge on any atom is 0.387 e. The predicted molar refractivity (Wildman–Crippen MR) is 121 cm³/mol. The van der Waals surface area contributed by atoms with Crippen LogP contribution >= 0.6 is 23.5 Å². The van der Waals surface area contributed by atoms with E-state index in [0.29, 0.717) is 10.6 Å². The van der Waals surface area contributed by atoms with Gasteiger partial charge in [-0.05, 0) is 30.0 Å². The molecule has 2 aromatic rings. The van der Waals surface area contributed by atoms with Gasteiger partial charge in [-0.25, -0.2) is 4.98 Å². The number of nitrogens with two attached hydrogens (primary N) is 1. The molecule has 0 saturated carbocycles. The number of carbonyl (C=O) groups is 1. The van der Waals surface area contributed by atoms with Crippen LogP contribution in [0.3, 0.4) is 0 Å². The lowest BCUT2D eigenvalue weighted by Gasteiger charge is -2.11. The van der Waals surface area contributed by atoms with E-state index in [2.05, 4.69) is 28.2 Å². The summed E-state index contributed by atoms with van der Waals surface area (Å²) in [6, 6.07) is 8.88. The van der Waals surface area contributed by atoms with Crippen molar-refractivity contribution in [1.29, 1.82) is 0 Å². The highest BCUT2D eigenvalue weighted by atomic mass is 35.5. The molecule has 166 valence electrons. The Morgan fingerprint density at radius 1 is 1.26 bits per heavy atom. The molecule has 31 heavy (non-hydrogen) atoms. The van der Waals surface area contributed by atoms with Crippen molar-refractivity contribution in [3.8, 4) is 17.4 Å². The maximum absolute atomic E-state index is 12.4. The third kappa shape index (κ3) is 9.20. The van der Waals surface area contributed by atoms with E-state index in [1.165, 1.54) is 60.6 Å². The van der Waals surface area contributed by atoms with E-state index in [-0.39, 0.29) is 35.4 Å². The summed E-state index contributed by atoms with van der Waals surface area (Å²) in [5, 5.41) is 7.84. The predicted octanol–water partition coefficient (Wildman–Crippen LogP) is 5.29. The molecule has 10 heteroatoms. The fraction of sp³-hybridized carbons (Fsp3) is 0.143. The van der Waals surface area contributed by atoms with Gasteiger partial charge < -0.3 is 14.8 Å². The van der Waals surface area contributed by atoms with E-state index in [4.69, 9.17) is 21.5 Å². The van der Waals surface area contributed by atoms with E-state index in [1.807, 2.05) is 6.26 Å². The van der Waals surface area contributed by atoms with Crippen molar-refractivity contribution in [3.63, 3.8) is 0 Å². The van der Waals surface area contributed by atoms with Crippen LogP contribution in [0.5, 0.6) is 17.4 Å². The Labute approximate surface area is 188 Å². The first-order valence-electron chi connectivity index (χ1n) is 8.68. The van der Waals surface area contributed by atoms with E-state index >= 15 is 0 Å². The van der Waals surface area contributed by atoms with Gasteiger partial charge in [0, 0.05) is 23.8 Å². The number of nitrogens with one attached hydrogen (secondary N) is 1. The number of allylic oxidation sites excluding steroid dienone is 2. The Balaban J connectivity index is 0.00000151. The molecule has 3 N–H and O–H groups in total. The first-order valence-corrected chi connectivity index (χ1v) is 10.3. The molecule has 0 aliphatic rings. The lowest BCUT2D eigenvalue weighted by atomic mass is 10.2. The molecule has 0 unspecified atom stereocenters. The van der Waals surface area contributed by atoms with Crippen molar-refractivity contribution in [2.24, 2.45) is 5.14 Å². The molecule has 1 heterocycles. The number of carbonyl (C=O) groups excluding carboxylic acids is 1. The van der Waals surface area contributed by atoms with Gasteiger partial charge >= 0.3 is 6.61 Å². The van der Waals surface area contributed by atoms with Gasteiger partial charge in [-0.2, -0.15) is 8.78 Å². The lowest BCUT2D eigenvalue weighted by molar-refractivity contribution is -0.0510. The number of halogens is 3. The zero-order valence-electron chi connectivity index (χ0n) is 16.7. The largest absolute Gasteiger partial charge is 0.435 e. The zero-order chi connectivity index (χ0) is 23.2. The van der Waals surface area contributed by atoms with Crippen LogP contribution in [0.1, 0.15) is 10.4 Å². The first kappa shape index (κ1) is 26.2. The minimum absolute atomic E-state index is 0.0762. The molecule has 1 aromatic heterocycles. The number of benzene rings is 1. The number of hydrogen-bond acceptors (Lipinski definition) is 6. The van der Waals surface area contributed by atoms with Crippen molar-refractivity contribution in [1.82, 2.24) is 10.3 Å². The molecule has 0 atom stereocenters. The number of pyridine rings is 1. The molecule has 0 aliphatic carbocycles. The van der Waals surface area contributed by atoms with Crippen LogP contribution in [0, 0.1) is 0 Å². The number of ether oxygens (including phenoxy) is 2. The summed E-state index contributed by atoms with van der Waals surface area (Å²) in [6.07, 6.45) is 6.10. The van der Waals surface area contributed by atoms with Gasteiger partial charge in [-0.15, -0.1) is 0 Å². The molecule has 1 amide bonds. The Kier molecular flexibility index (Phi) is 12.0. The standard InChI is InChI=1S/C20H17ClF2N2O3.CH5NS/c1-3-13(15(21)4-2)11-25-19(26)14-9-10-18(24-12-14)27-16-7-5-6-8-17(16)28-20(22)23;1-3-2/h3-10,12,20H,1-2,11H2,(H,25,26);2H2,1H3/b15-13-;. The van der Waals surface area contributed by atoms with Gasteiger partial charge in [0.15, 0.2) is 11.5 Å². The van der Waals surface area contributed by atoms with Crippen molar-refractivity contribution in [3.05, 3.63) is 84.1 Å². The molecule has 0 fully saturated rings. The van der Waals surface area contributed by atoms with Crippen LogP contribution in [-0.2, 0) is 0 Å². The number of alkyl halides is 2. The smallest absolute Gasteiger partial charge is 0.387 e. The average molecular weight is 470 g/mol. The monoisotopic (exact) mass is 469 g/mol. The topological polar surface area (TPSA) is 86.5 Å². The number of nitrogens with zero attached hydrogens (tertiary/aromatic N) is 1. The van der Waals surface area contributed by atoms with Crippen LogP contribution in [0.15, 0.2) is 78.5 Å². The maximum atomic E-state index is 12.4. The van der Waals surface area contributed by atoms with Gasteiger partial charge in [0.1, 0.15) is 0 Å². The summed E-state index contributed by atoms with van der Waals surface area (Å²) >= 11 is 7.21. The Morgan fingerprint density at radius 2 is 1.90 bits per heavy atom. The molecule has 2 rings (SSSR count). The Bertz CT molecular complexity index is 909. The third-order valence-corrected chi connectivity index (χ3v) is 3.85. The fourth-order valence-corrected chi connectivity index (χ4v) is 2.22. The summed E-state index contributed by atoms with van der Waals surface area (Å²) in [6.45, 7) is 4.38. The number of hydrogen-bond donors (Lipinski definition) is 2. The highest BCUT2D eigenvalue weighted by Crippen LogP contribution is 2.31. The van der Waals surface area contributed by atoms with Crippen molar-refractivity contribution in [2.45, 2.75) is 6.61 Å². The summed E-state index contributed by atoms with van der Waals surface area (Å²) < 4.78 is 34.7. The molecule has 6 nitrogen and oxygen atoms in total. The second-order valence-corrected chi connectivity index (χ2v) is 6.39. The Morgan fingerprint density at radius 3 is 2.42 bits per heavy atom. The third-order valence-electron chi connectivity index (χ3n) is 3.45. The number of amides is 1. The minimum atomic E-state index is -2.98. The van der Waals surface area contributed by atoms with Gasteiger partial charge in [-0.1, -0.05) is 61.0 Å². The quantitative estimate of drug-likeness (QED) is 0.383. The second kappa shape index (κ2) is 14.2. The molecular weight excluding hydrogens is 448 g/mol. The molecular formula is C21H22ClF2N3O3S. The summed E-state index contributed by atoms with van der Waals surface area (Å²) in [4.78, 5) is 16.2. The van der Waals surface area contributed by atoms with Crippen LogP contribution in [0.4, 0.5) is 8.78 Å². The highest BCUT2D eigenvalue weighted by molar-refractivity contribution is 7.96. The van der Waals surface area contributed by atoms with Crippen molar-refractivity contribution in [2.75, 3.05) is 12.8 Å². The van der Waals surface area contributed by atoms with Crippen LogP contribution in [0.25, 0.3) is 0 Å². The van der Waals surface area contributed by atoms with Crippen molar-refractivity contribution >= 4 is 29.5 Å². The van der Waals surface area contributed by atoms with E-state index < -0.39 is 6.61 Å². The fourth-order valence-electron chi connectivity index (χ4n) is 2.08. The SMILES string of the molecule is C=C/C(Cl)=C(\C=C)CNC(=O)c1ccc(Oc2ccccc2OC(F)F)nc1.CSN. The summed E-state index contributed by atoms with van der Waals surface area (Å²) in [7, 11) is 0. The number of rotatable bonds is 9. The van der Waals surface area contributed by atoms with E-state index in [0.717, 1.165) is 0 Å². The molecule has 1 aromatic carbocycles. The van der Waals surface area contributed by atoms with Crippen LogP contribution in [0.2, 0.25) is 0 Å².